The molecular formula is C19H22N2O4S. The smallest absolute Gasteiger partial charge is 0.337 e. The molecule has 0 bridgehead atoms. The van der Waals surface area contributed by atoms with Crippen molar-refractivity contribution in [1.29, 1.82) is 0 Å². The van der Waals surface area contributed by atoms with Gasteiger partial charge in [0.1, 0.15) is 0 Å². The lowest BCUT2D eigenvalue weighted by Crippen LogP contribution is -2.21. The fraction of sp³-hybridized carbons (Fsp3) is 0.316. The van der Waals surface area contributed by atoms with Crippen molar-refractivity contribution in [2.45, 2.75) is 19.3 Å². The number of methoxy groups -OCH3 is 1. The Labute approximate surface area is 155 Å². The highest BCUT2D eigenvalue weighted by Gasteiger charge is 2.22. The van der Waals surface area contributed by atoms with Gasteiger partial charge in [-0.15, -0.1) is 0 Å². The summed E-state index contributed by atoms with van der Waals surface area (Å²) in [5.41, 5.74) is 3.72. The molecule has 1 aliphatic heterocycles. The number of carbonyl (C=O) groups is 1. The molecule has 2 aromatic rings. The van der Waals surface area contributed by atoms with Crippen LogP contribution in [0.3, 0.4) is 0 Å². The fourth-order valence-electron chi connectivity index (χ4n) is 3.30. The van der Waals surface area contributed by atoms with E-state index < -0.39 is 17.2 Å². The van der Waals surface area contributed by atoms with E-state index in [1.54, 1.807) is 6.07 Å². The lowest BCUT2D eigenvalue weighted by molar-refractivity contribution is 0.0601. The summed E-state index contributed by atoms with van der Waals surface area (Å²) in [7, 11) is 1.33. The van der Waals surface area contributed by atoms with Crippen LogP contribution in [0.2, 0.25) is 0 Å². The predicted octanol–water partition coefficient (Wildman–Crippen LogP) is 3.21. The highest BCUT2D eigenvalue weighted by molar-refractivity contribution is 7.80. The highest BCUT2D eigenvalue weighted by Crippen LogP contribution is 2.34. The minimum Gasteiger partial charge on any atom is -0.465 e. The zero-order valence-electron chi connectivity index (χ0n) is 14.6. The lowest BCUT2D eigenvalue weighted by atomic mass is 9.98. The molecule has 1 heterocycles. The van der Waals surface area contributed by atoms with Crippen LogP contribution in [0, 0.1) is 0 Å². The third-order valence-electron chi connectivity index (χ3n) is 4.52. The van der Waals surface area contributed by atoms with Gasteiger partial charge in [-0.05, 0) is 30.5 Å². The maximum absolute atomic E-state index is 12.1. The first kappa shape index (κ1) is 18.4. The van der Waals surface area contributed by atoms with Gasteiger partial charge in [0, 0.05) is 30.8 Å². The van der Waals surface area contributed by atoms with Gasteiger partial charge in [-0.1, -0.05) is 30.3 Å². The van der Waals surface area contributed by atoms with Gasteiger partial charge in [0.2, 0.25) is 0 Å². The molecule has 1 unspecified atom stereocenters. The summed E-state index contributed by atoms with van der Waals surface area (Å²) in [6.45, 7) is 1.79. The van der Waals surface area contributed by atoms with E-state index in [0.717, 1.165) is 42.7 Å². The molecule has 2 N–H and O–H groups in total. The first-order chi connectivity index (χ1) is 12.6. The number of carbonyl (C=O) groups excluding carboxylic acids is 1. The van der Waals surface area contributed by atoms with Gasteiger partial charge < -0.3 is 9.64 Å². The monoisotopic (exact) mass is 374 g/mol. The topological polar surface area (TPSA) is 78.9 Å². The highest BCUT2D eigenvalue weighted by atomic mass is 32.2. The molecule has 3 rings (SSSR count). The third-order valence-corrected chi connectivity index (χ3v) is 4.91. The summed E-state index contributed by atoms with van der Waals surface area (Å²) in [6.07, 6.45) is 2.76. The summed E-state index contributed by atoms with van der Waals surface area (Å²) in [4.78, 5) is 14.3. The van der Waals surface area contributed by atoms with Gasteiger partial charge in [0.25, 0.3) is 11.3 Å². The molecule has 0 aliphatic carbocycles. The first-order valence-electron chi connectivity index (χ1n) is 8.50. The van der Waals surface area contributed by atoms with Gasteiger partial charge in [0.05, 0.1) is 18.4 Å². The van der Waals surface area contributed by atoms with Crippen LogP contribution in [0.25, 0.3) is 0 Å². The Bertz CT molecular complexity index is 805. The Morgan fingerprint density at radius 2 is 1.92 bits per heavy atom. The predicted molar refractivity (Wildman–Crippen MR) is 103 cm³/mol. The molecular weight excluding hydrogens is 352 g/mol. The molecule has 0 amide bonds. The Kier molecular flexibility index (Phi) is 5.90. The molecule has 1 saturated heterocycles. The van der Waals surface area contributed by atoms with Crippen molar-refractivity contribution in [2.75, 3.05) is 29.8 Å². The Balaban J connectivity index is 2.12. The van der Waals surface area contributed by atoms with Gasteiger partial charge in [-0.3, -0.25) is 9.27 Å². The van der Waals surface area contributed by atoms with Crippen molar-refractivity contribution in [3.63, 3.8) is 0 Å². The number of esters is 1. The number of nitrogens with one attached hydrogen (secondary N) is 1. The van der Waals surface area contributed by atoms with Crippen LogP contribution in [0.4, 0.5) is 11.4 Å². The van der Waals surface area contributed by atoms with Crippen molar-refractivity contribution in [3.05, 3.63) is 59.2 Å². The van der Waals surface area contributed by atoms with Crippen LogP contribution in [-0.2, 0) is 22.4 Å². The van der Waals surface area contributed by atoms with E-state index in [4.69, 9.17) is 4.74 Å². The molecule has 0 saturated carbocycles. The van der Waals surface area contributed by atoms with E-state index in [1.165, 1.54) is 7.11 Å². The van der Waals surface area contributed by atoms with Gasteiger partial charge in [-0.2, -0.15) is 0 Å². The largest absolute Gasteiger partial charge is 0.465 e. The molecule has 1 fully saturated rings. The van der Waals surface area contributed by atoms with E-state index in [1.807, 2.05) is 36.4 Å². The number of nitrogens with zero attached hydrogens (tertiary/aromatic N) is 1. The molecule has 0 spiro atoms. The Hall–Kier alpha value is -2.38. The van der Waals surface area contributed by atoms with E-state index in [2.05, 4.69) is 9.62 Å². The number of anilines is 2. The van der Waals surface area contributed by atoms with Crippen molar-refractivity contribution >= 4 is 28.6 Å². The van der Waals surface area contributed by atoms with Gasteiger partial charge >= 0.3 is 5.97 Å². The van der Waals surface area contributed by atoms with E-state index in [9.17, 15) is 13.6 Å². The van der Waals surface area contributed by atoms with Gasteiger partial charge in [-0.25, -0.2) is 9.00 Å². The average molecular weight is 374 g/mol. The molecule has 26 heavy (non-hydrogen) atoms. The standard InChI is InChI=1S/C19H22N2O4S/c1-25-19(22)15-12-17(20-26(23)24)16(11-14-7-3-2-4-8-14)18(13-15)21-9-5-6-10-21/h2-4,7-8,12-13,20H,5-6,9-11H2,1H3,(H,23,24). The van der Waals surface area contributed by atoms with Crippen LogP contribution in [0.15, 0.2) is 42.5 Å². The number of ether oxygens (including phenoxy) is 1. The molecule has 2 aromatic carbocycles. The second-order valence-corrected chi connectivity index (χ2v) is 6.92. The van der Waals surface area contributed by atoms with E-state index in [-0.39, 0.29) is 0 Å². The number of hydrogen-bond donors (Lipinski definition) is 2. The zero-order valence-corrected chi connectivity index (χ0v) is 15.4. The van der Waals surface area contributed by atoms with Gasteiger partial charge in [0.15, 0.2) is 0 Å². The quantitative estimate of drug-likeness (QED) is 0.600. The lowest BCUT2D eigenvalue weighted by Gasteiger charge is -2.24. The minimum absolute atomic E-state index is 0.360. The van der Waals surface area contributed by atoms with Crippen molar-refractivity contribution in [3.8, 4) is 0 Å². The molecule has 138 valence electrons. The second kappa shape index (κ2) is 8.33. The molecule has 0 aromatic heterocycles. The van der Waals surface area contributed by atoms with Crippen LogP contribution in [-0.4, -0.2) is 34.9 Å². The van der Waals surface area contributed by atoms with Crippen LogP contribution in [0.5, 0.6) is 0 Å². The van der Waals surface area contributed by atoms with Crippen molar-refractivity contribution in [2.24, 2.45) is 0 Å². The van der Waals surface area contributed by atoms with Crippen LogP contribution >= 0.6 is 0 Å². The summed E-state index contributed by atoms with van der Waals surface area (Å²) >= 11 is -2.24. The van der Waals surface area contributed by atoms with Crippen molar-refractivity contribution < 1.29 is 18.3 Å². The molecule has 1 atom stereocenters. The van der Waals surface area contributed by atoms with Crippen LogP contribution < -0.4 is 9.62 Å². The molecule has 6 nitrogen and oxygen atoms in total. The summed E-state index contributed by atoms with van der Waals surface area (Å²) in [6, 6.07) is 13.3. The van der Waals surface area contributed by atoms with E-state index >= 15 is 0 Å². The third kappa shape index (κ3) is 4.23. The summed E-state index contributed by atoms with van der Waals surface area (Å²) < 4.78 is 28.2. The molecule has 7 heteroatoms. The average Bonchev–Trinajstić information content (AvgIpc) is 3.17. The number of benzene rings is 2. The maximum atomic E-state index is 12.1. The summed E-state index contributed by atoms with van der Waals surface area (Å²) in [5.74, 6) is -0.469. The second-order valence-electron chi connectivity index (χ2n) is 6.22. The normalized spacial score (nSPS) is 14.9. The maximum Gasteiger partial charge on any atom is 0.337 e. The van der Waals surface area contributed by atoms with Crippen LogP contribution in [0.1, 0.15) is 34.3 Å². The zero-order chi connectivity index (χ0) is 18.5. The molecule has 0 radical (unpaired) electrons. The number of rotatable bonds is 6. The minimum atomic E-state index is -2.24. The molecule has 1 aliphatic rings. The SMILES string of the molecule is COC(=O)c1cc(NS(=O)O)c(Cc2ccccc2)c(N2CCCC2)c1. The summed E-state index contributed by atoms with van der Waals surface area (Å²) in [5, 5.41) is 0. The van der Waals surface area contributed by atoms with Crippen molar-refractivity contribution in [1.82, 2.24) is 0 Å². The number of hydrogen-bond acceptors (Lipinski definition) is 4. The fourth-order valence-corrected chi connectivity index (χ4v) is 3.67. The Morgan fingerprint density at radius 3 is 2.54 bits per heavy atom. The van der Waals surface area contributed by atoms with E-state index in [0.29, 0.717) is 17.7 Å². The first-order valence-corrected chi connectivity index (χ1v) is 9.61. The Morgan fingerprint density at radius 1 is 1.23 bits per heavy atom.